The van der Waals surface area contributed by atoms with Gasteiger partial charge in [0.15, 0.2) is 0 Å². The number of benzene rings is 2. The highest BCUT2D eigenvalue weighted by Crippen LogP contribution is 2.21. The summed E-state index contributed by atoms with van der Waals surface area (Å²) in [6.07, 6.45) is 2.00. The fraction of sp³-hybridized carbons (Fsp3) is 0.316. The summed E-state index contributed by atoms with van der Waals surface area (Å²) in [5.74, 6) is 0.284. The third kappa shape index (κ3) is 5.96. The van der Waals surface area contributed by atoms with Gasteiger partial charge in [-0.25, -0.2) is 4.39 Å². The van der Waals surface area contributed by atoms with E-state index in [-0.39, 0.29) is 11.8 Å². The Morgan fingerprint density at radius 1 is 1.17 bits per heavy atom. The molecule has 0 radical (unpaired) electrons. The first-order chi connectivity index (χ1) is 11.6. The standard InChI is InChI=1S/C19H20BrFO3/c1-2-23-19(22)5-3-4-14-6-9-17(10-7-14)24-13-15-12-16(21)8-11-18(15)20/h6-12H,2-5,13H2,1H3. The van der Waals surface area contributed by atoms with Gasteiger partial charge in [-0.05, 0) is 55.7 Å². The van der Waals surface area contributed by atoms with Crippen LogP contribution in [0.1, 0.15) is 30.9 Å². The number of rotatable bonds is 8. The molecule has 0 unspecified atom stereocenters. The predicted molar refractivity (Wildman–Crippen MR) is 94.4 cm³/mol. The summed E-state index contributed by atoms with van der Waals surface area (Å²) in [4.78, 5) is 11.3. The summed E-state index contributed by atoms with van der Waals surface area (Å²) in [6, 6.07) is 12.2. The number of halogens is 2. The summed E-state index contributed by atoms with van der Waals surface area (Å²) >= 11 is 3.38. The molecule has 0 amide bonds. The van der Waals surface area contributed by atoms with Crippen molar-refractivity contribution in [2.24, 2.45) is 0 Å². The van der Waals surface area contributed by atoms with Crippen molar-refractivity contribution >= 4 is 21.9 Å². The molecule has 5 heteroatoms. The lowest BCUT2D eigenvalue weighted by Crippen LogP contribution is -2.04. The van der Waals surface area contributed by atoms with Gasteiger partial charge in [-0.3, -0.25) is 4.79 Å². The first kappa shape index (κ1) is 18.5. The van der Waals surface area contributed by atoms with Crippen molar-refractivity contribution in [2.45, 2.75) is 32.8 Å². The molecule has 2 aromatic carbocycles. The Balaban J connectivity index is 1.81. The fourth-order valence-electron chi connectivity index (χ4n) is 2.24. The summed E-state index contributed by atoms with van der Waals surface area (Å²) in [5.41, 5.74) is 1.90. The number of esters is 1. The minimum atomic E-state index is -0.284. The Bertz CT molecular complexity index is 671. The van der Waals surface area contributed by atoms with Crippen molar-refractivity contribution in [2.75, 3.05) is 6.61 Å². The molecule has 0 aliphatic carbocycles. The van der Waals surface area contributed by atoms with Crippen LogP contribution in [0.2, 0.25) is 0 Å². The van der Waals surface area contributed by atoms with Gasteiger partial charge in [0.2, 0.25) is 0 Å². The molecule has 0 aromatic heterocycles. The first-order valence-electron chi connectivity index (χ1n) is 7.89. The van der Waals surface area contributed by atoms with Gasteiger partial charge < -0.3 is 9.47 Å². The number of hydrogen-bond donors (Lipinski definition) is 0. The van der Waals surface area contributed by atoms with Crippen LogP contribution in [0.3, 0.4) is 0 Å². The Labute approximate surface area is 149 Å². The van der Waals surface area contributed by atoms with E-state index in [1.165, 1.54) is 12.1 Å². The fourth-order valence-corrected chi connectivity index (χ4v) is 2.60. The molecule has 0 heterocycles. The highest BCUT2D eigenvalue weighted by atomic mass is 79.9. The maximum absolute atomic E-state index is 13.2. The van der Waals surface area contributed by atoms with E-state index >= 15 is 0 Å². The predicted octanol–water partition coefficient (Wildman–Crippen LogP) is 5.05. The Morgan fingerprint density at radius 2 is 1.92 bits per heavy atom. The van der Waals surface area contributed by atoms with E-state index in [2.05, 4.69) is 15.9 Å². The summed E-state index contributed by atoms with van der Waals surface area (Å²) in [6.45, 7) is 2.52. The maximum atomic E-state index is 13.2. The second-order valence-corrected chi connectivity index (χ2v) is 6.18. The smallest absolute Gasteiger partial charge is 0.305 e. The summed E-state index contributed by atoms with van der Waals surface area (Å²) in [7, 11) is 0. The zero-order valence-electron chi connectivity index (χ0n) is 13.6. The van der Waals surface area contributed by atoms with Crippen LogP contribution < -0.4 is 4.74 Å². The highest BCUT2D eigenvalue weighted by molar-refractivity contribution is 9.10. The molecule has 0 atom stereocenters. The Hall–Kier alpha value is -1.88. The molecule has 0 aliphatic heterocycles. The van der Waals surface area contributed by atoms with Crippen LogP contribution in [0.25, 0.3) is 0 Å². The monoisotopic (exact) mass is 394 g/mol. The quantitative estimate of drug-likeness (QED) is 0.587. The van der Waals surface area contributed by atoms with E-state index in [1.54, 1.807) is 13.0 Å². The summed E-state index contributed by atoms with van der Waals surface area (Å²) < 4.78 is 24.6. The van der Waals surface area contributed by atoms with Crippen LogP contribution in [0.15, 0.2) is 46.9 Å². The molecule has 0 aliphatic rings. The molecule has 128 valence electrons. The summed E-state index contributed by atoms with van der Waals surface area (Å²) in [5, 5.41) is 0. The molecule has 2 rings (SSSR count). The third-order valence-corrected chi connectivity index (χ3v) is 4.25. The SMILES string of the molecule is CCOC(=O)CCCc1ccc(OCc2cc(F)ccc2Br)cc1. The second kappa shape index (κ2) is 9.42. The highest BCUT2D eigenvalue weighted by Gasteiger charge is 2.04. The third-order valence-electron chi connectivity index (χ3n) is 3.48. The van der Waals surface area contributed by atoms with Crippen LogP contribution >= 0.6 is 15.9 Å². The minimum absolute atomic E-state index is 0.155. The van der Waals surface area contributed by atoms with Crippen LogP contribution in [0.4, 0.5) is 4.39 Å². The Morgan fingerprint density at radius 3 is 2.62 bits per heavy atom. The zero-order chi connectivity index (χ0) is 17.4. The lowest BCUT2D eigenvalue weighted by molar-refractivity contribution is -0.143. The number of hydrogen-bond acceptors (Lipinski definition) is 3. The van der Waals surface area contributed by atoms with E-state index in [1.807, 2.05) is 24.3 Å². The number of aryl methyl sites for hydroxylation is 1. The topological polar surface area (TPSA) is 35.5 Å². The van der Waals surface area contributed by atoms with Gasteiger partial charge in [-0.2, -0.15) is 0 Å². The molecule has 0 bridgehead atoms. The molecule has 3 nitrogen and oxygen atoms in total. The Kier molecular flexibility index (Phi) is 7.25. The van der Waals surface area contributed by atoms with Crippen molar-refractivity contribution < 1.29 is 18.7 Å². The molecule has 0 fully saturated rings. The molecule has 0 saturated carbocycles. The molecule has 0 spiro atoms. The molecule has 0 saturated heterocycles. The largest absolute Gasteiger partial charge is 0.489 e. The van der Waals surface area contributed by atoms with Crippen LogP contribution in [0, 0.1) is 5.82 Å². The number of carbonyl (C=O) groups excluding carboxylic acids is 1. The average Bonchev–Trinajstić information content (AvgIpc) is 2.57. The van der Waals surface area contributed by atoms with E-state index in [4.69, 9.17) is 9.47 Å². The zero-order valence-corrected chi connectivity index (χ0v) is 15.1. The van der Waals surface area contributed by atoms with Gasteiger partial charge >= 0.3 is 5.97 Å². The van der Waals surface area contributed by atoms with Gasteiger partial charge in [0.25, 0.3) is 0 Å². The van der Waals surface area contributed by atoms with Gasteiger partial charge in [0.05, 0.1) is 6.61 Å². The van der Waals surface area contributed by atoms with Crippen LogP contribution in [-0.4, -0.2) is 12.6 Å². The molecular weight excluding hydrogens is 375 g/mol. The maximum Gasteiger partial charge on any atom is 0.305 e. The van der Waals surface area contributed by atoms with Gasteiger partial charge in [-0.15, -0.1) is 0 Å². The van der Waals surface area contributed by atoms with Crippen molar-refractivity contribution in [1.82, 2.24) is 0 Å². The van der Waals surface area contributed by atoms with Gasteiger partial charge in [0, 0.05) is 16.5 Å². The lowest BCUT2D eigenvalue weighted by atomic mass is 10.1. The number of carbonyl (C=O) groups is 1. The lowest BCUT2D eigenvalue weighted by Gasteiger charge is -2.09. The normalized spacial score (nSPS) is 10.5. The van der Waals surface area contributed by atoms with Crippen molar-refractivity contribution in [3.05, 3.63) is 63.9 Å². The van der Waals surface area contributed by atoms with E-state index in [0.29, 0.717) is 19.6 Å². The first-order valence-corrected chi connectivity index (χ1v) is 8.69. The van der Waals surface area contributed by atoms with Crippen molar-refractivity contribution in [3.8, 4) is 5.75 Å². The number of ether oxygens (including phenoxy) is 2. The van der Waals surface area contributed by atoms with E-state index in [0.717, 1.165) is 34.2 Å². The van der Waals surface area contributed by atoms with Crippen molar-refractivity contribution in [3.63, 3.8) is 0 Å². The second-order valence-electron chi connectivity index (χ2n) is 5.33. The van der Waals surface area contributed by atoms with E-state index < -0.39 is 0 Å². The average molecular weight is 395 g/mol. The van der Waals surface area contributed by atoms with Crippen LogP contribution in [0.5, 0.6) is 5.75 Å². The molecular formula is C19H20BrFO3. The molecule has 0 N–H and O–H groups in total. The van der Waals surface area contributed by atoms with Gasteiger partial charge in [-0.1, -0.05) is 28.1 Å². The molecule has 24 heavy (non-hydrogen) atoms. The minimum Gasteiger partial charge on any atom is -0.489 e. The van der Waals surface area contributed by atoms with Crippen LogP contribution in [-0.2, 0) is 22.6 Å². The van der Waals surface area contributed by atoms with Gasteiger partial charge in [0.1, 0.15) is 18.2 Å². The molecule has 2 aromatic rings. The van der Waals surface area contributed by atoms with E-state index in [9.17, 15) is 9.18 Å². The van der Waals surface area contributed by atoms with Crippen molar-refractivity contribution in [1.29, 1.82) is 0 Å².